The number of carbonyl (C=O) groups is 2. The number of nitrogens with zero attached hydrogens (tertiary/aromatic N) is 1. The number of rotatable bonds is 14. The van der Waals surface area contributed by atoms with Crippen molar-refractivity contribution in [2.24, 2.45) is 5.73 Å². The summed E-state index contributed by atoms with van der Waals surface area (Å²) >= 11 is 0. The van der Waals surface area contributed by atoms with Gasteiger partial charge in [0.1, 0.15) is 12.4 Å². The molecule has 0 bridgehead atoms. The number of hydrogen-bond acceptors (Lipinski definition) is 4. The topological polar surface area (TPSA) is 84.7 Å². The Balaban J connectivity index is 1.41. The third-order valence-electron chi connectivity index (χ3n) is 6.60. The first-order valence-corrected chi connectivity index (χ1v) is 13.2. The summed E-state index contributed by atoms with van der Waals surface area (Å²) in [5, 5.41) is 3.04. The quantitative estimate of drug-likeness (QED) is 0.388. The molecule has 1 saturated heterocycles. The minimum atomic E-state index is -0.00529. The van der Waals surface area contributed by atoms with Gasteiger partial charge in [-0.25, -0.2) is 0 Å². The fourth-order valence-electron chi connectivity index (χ4n) is 4.58. The fraction of sp³-hybridized carbons (Fsp3) is 0.517. The Bertz CT molecular complexity index is 886. The van der Waals surface area contributed by atoms with Crippen molar-refractivity contribution in [1.82, 2.24) is 10.2 Å². The van der Waals surface area contributed by atoms with Crippen molar-refractivity contribution in [3.8, 4) is 5.75 Å². The van der Waals surface area contributed by atoms with E-state index in [1.165, 1.54) is 0 Å². The molecule has 0 saturated carbocycles. The van der Waals surface area contributed by atoms with Gasteiger partial charge in [0.2, 0.25) is 11.8 Å². The van der Waals surface area contributed by atoms with Crippen molar-refractivity contribution < 1.29 is 14.3 Å². The molecular weight excluding hydrogens is 438 g/mol. The van der Waals surface area contributed by atoms with E-state index in [0.29, 0.717) is 26.0 Å². The fourth-order valence-corrected chi connectivity index (χ4v) is 4.58. The lowest BCUT2D eigenvalue weighted by Gasteiger charge is -2.35. The number of carbonyl (C=O) groups excluding carboxylic acids is 2. The smallest absolute Gasteiger partial charge is 0.227 e. The minimum absolute atomic E-state index is 0.00529. The van der Waals surface area contributed by atoms with Crippen molar-refractivity contribution in [1.29, 1.82) is 0 Å². The molecule has 1 fully saturated rings. The monoisotopic (exact) mass is 479 g/mol. The second-order valence-electron chi connectivity index (χ2n) is 9.44. The number of piperidine rings is 1. The summed E-state index contributed by atoms with van der Waals surface area (Å²) in [7, 11) is 0. The Labute approximate surface area is 210 Å². The van der Waals surface area contributed by atoms with Crippen LogP contribution in [0.2, 0.25) is 0 Å². The molecule has 3 rings (SSSR count). The number of amides is 2. The largest absolute Gasteiger partial charge is 0.489 e. The van der Waals surface area contributed by atoms with E-state index in [1.54, 1.807) is 0 Å². The summed E-state index contributed by atoms with van der Waals surface area (Å²) < 4.78 is 5.85. The Morgan fingerprint density at radius 3 is 2.43 bits per heavy atom. The van der Waals surface area contributed by atoms with Gasteiger partial charge >= 0.3 is 0 Å². The number of hydrogen-bond donors (Lipinski definition) is 2. The standard InChI is InChI=1S/C29H41N3O3/c30-18-8-2-1-3-9-19-31-28(33)22-26-13-7-10-20-32(26)29(34)21-24-14-16-27(17-15-24)35-23-25-11-5-4-6-12-25/h4-6,11-12,14-17,26H,1-3,7-10,13,18-23,30H2,(H,31,33). The van der Waals surface area contributed by atoms with Crippen LogP contribution in [0.15, 0.2) is 54.6 Å². The van der Waals surface area contributed by atoms with E-state index in [4.69, 9.17) is 10.5 Å². The molecule has 6 nitrogen and oxygen atoms in total. The van der Waals surface area contributed by atoms with Gasteiger partial charge in [0.15, 0.2) is 0 Å². The Morgan fingerprint density at radius 1 is 0.914 bits per heavy atom. The van der Waals surface area contributed by atoms with Gasteiger partial charge in [0.05, 0.1) is 6.42 Å². The van der Waals surface area contributed by atoms with Crippen molar-refractivity contribution >= 4 is 11.8 Å². The summed E-state index contributed by atoms with van der Waals surface area (Å²) in [5.74, 6) is 0.939. The molecule has 1 aliphatic rings. The Kier molecular flexibility index (Phi) is 11.6. The van der Waals surface area contributed by atoms with Crippen molar-refractivity contribution in [2.75, 3.05) is 19.6 Å². The van der Waals surface area contributed by atoms with Crippen LogP contribution in [-0.2, 0) is 22.6 Å². The minimum Gasteiger partial charge on any atom is -0.489 e. The van der Waals surface area contributed by atoms with Gasteiger partial charge in [0, 0.05) is 25.6 Å². The maximum absolute atomic E-state index is 13.1. The number of nitrogens with two attached hydrogens (primary N) is 1. The molecule has 0 radical (unpaired) electrons. The third-order valence-corrected chi connectivity index (χ3v) is 6.60. The van der Waals surface area contributed by atoms with Crippen LogP contribution >= 0.6 is 0 Å². The molecule has 1 atom stereocenters. The van der Waals surface area contributed by atoms with Crippen LogP contribution in [0.1, 0.15) is 68.9 Å². The van der Waals surface area contributed by atoms with Crippen LogP contribution < -0.4 is 15.8 Å². The lowest BCUT2D eigenvalue weighted by molar-refractivity contribution is -0.135. The van der Waals surface area contributed by atoms with Gasteiger partial charge in [-0.1, -0.05) is 61.7 Å². The first-order valence-electron chi connectivity index (χ1n) is 13.2. The van der Waals surface area contributed by atoms with E-state index < -0.39 is 0 Å². The second-order valence-corrected chi connectivity index (χ2v) is 9.44. The summed E-state index contributed by atoms with van der Waals surface area (Å²) in [6.45, 7) is 2.71. The van der Waals surface area contributed by atoms with Crippen LogP contribution in [0.5, 0.6) is 5.75 Å². The molecular formula is C29H41N3O3. The lowest BCUT2D eigenvalue weighted by atomic mass is 9.97. The highest BCUT2D eigenvalue weighted by Crippen LogP contribution is 2.22. The van der Waals surface area contributed by atoms with E-state index >= 15 is 0 Å². The summed E-state index contributed by atoms with van der Waals surface area (Å²) in [6.07, 6.45) is 9.21. The molecule has 0 aromatic heterocycles. The molecule has 1 heterocycles. The van der Waals surface area contributed by atoms with Gasteiger partial charge in [-0.3, -0.25) is 9.59 Å². The van der Waals surface area contributed by atoms with Crippen LogP contribution in [0.4, 0.5) is 0 Å². The maximum Gasteiger partial charge on any atom is 0.227 e. The van der Waals surface area contributed by atoms with Crippen LogP contribution in [0.25, 0.3) is 0 Å². The maximum atomic E-state index is 13.1. The first-order chi connectivity index (χ1) is 17.2. The van der Waals surface area contributed by atoms with Gasteiger partial charge in [-0.15, -0.1) is 0 Å². The molecule has 1 unspecified atom stereocenters. The number of nitrogens with one attached hydrogen (secondary N) is 1. The predicted molar refractivity (Wildman–Crippen MR) is 140 cm³/mol. The summed E-state index contributed by atoms with van der Waals surface area (Å²) in [6, 6.07) is 17.8. The molecule has 3 N–H and O–H groups in total. The highest BCUT2D eigenvalue weighted by molar-refractivity contribution is 5.81. The van der Waals surface area contributed by atoms with Crippen LogP contribution in [-0.4, -0.2) is 42.4 Å². The lowest BCUT2D eigenvalue weighted by Crippen LogP contribution is -2.46. The second kappa shape index (κ2) is 15.2. The molecule has 2 aromatic carbocycles. The SMILES string of the molecule is NCCCCCCCNC(=O)CC1CCCCN1C(=O)Cc1ccc(OCc2ccccc2)cc1. The molecule has 1 aliphatic heterocycles. The van der Waals surface area contributed by atoms with Crippen LogP contribution in [0.3, 0.4) is 0 Å². The number of ether oxygens (including phenoxy) is 1. The molecule has 2 aromatic rings. The molecule has 6 heteroatoms. The number of benzene rings is 2. The Morgan fingerprint density at radius 2 is 1.66 bits per heavy atom. The molecule has 2 amide bonds. The highest BCUT2D eigenvalue weighted by atomic mass is 16.5. The predicted octanol–water partition coefficient (Wildman–Crippen LogP) is 4.60. The third kappa shape index (κ3) is 9.73. The summed E-state index contributed by atoms with van der Waals surface area (Å²) in [5.41, 5.74) is 7.60. The zero-order valence-electron chi connectivity index (χ0n) is 20.9. The molecule has 35 heavy (non-hydrogen) atoms. The number of unbranched alkanes of at least 4 members (excludes halogenated alkanes) is 4. The van der Waals surface area contributed by atoms with E-state index in [0.717, 1.165) is 81.3 Å². The zero-order valence-corrected chi connectivity index (χ0v) is 20.9. The van der Waals surface area contributed by atoms with E-state index in [2.05, 4.69) is 5.32 Å². The van der Waals surface area contributed by atoms with Crippen molar-refractivity contribution in [2.45, 2.75) is 76.9 Å². The van der Waals surface area contributed by atoms with E-state index in [9.17, 15) is 9.59 Å². The van der Waals surface area contributed by atoms with Gasteiger partial charge < -0.3 is 20.7 Å². The highest BCUT2D eigenvalue weighted by Gasteiger charge is 2.28. The normalized spacial score (nSPS) is 15.6. The van der Waals surface area contributed by atoms with Gasteiger partial charge in [-0.2, -0.15) is 0 Å². The summed E-state index contributed by atoms with van der Waals surface area (Å²) in [4.78, 5) is 27.5. The van der Waals surface area contributed by atoms with E-state index in [1.807, 2.05) is 59.5 Å². The van der Waals surface area contributed by atoms with Gasteiger partial charge in [0.25, 0.3) is 0 Å². The first kappa shape index (κ1) is 26.7. The average molecular weight is 480 g/mol. The molecule has 0 spiro atoms. The van der Waals surface area contributed by atoms with Crippen molar-refractivity contribution in [3.63, 3.8) is 0 Å². The van der Waals surface area contributed by atoms with Gasteiger partial charge in [-0.05, 0) is 61.9 Å². The average Bonchev–Trinajstić information content (AvgIpc) is 2.88. The zero-order chi connectivity index (χ0) is 24.7. The van der Waals surface area contributed by atoms with Crippen molar-refractivity contribution in [3.05, 3.63) is 65.7 Å². The number of likely N-dealkylation sites (tertiary alicyclic amines) is 1. The molecule has 190 valence electrons. The van der Waals surface area contributed by atoms with E-state index in [-0.39, 0.29) is 17.9 Å². The molecule has 0 aliphatic carbocycles. The Hall–Kier alpha value is -2.86. The van der Waals surface area contributed by atoms with Crippen LogP contribution in [0, 0.1) is 0 Å².